The molecule has 0 radical (unpaired) electrons. The number of ether oxygens (including phenoxy) is 3. The summed E-state index contributed by atoms with van der Waals surface area (Å²) in [5.74, 6) is 1.90. The third-order valence-electron chi connectivity index (χ3n) is 6.01. The number of hydrogen-bond donors (Lipinski definition) is 0. The zero-order valence-corrected chi connectivity index (χ0v) is 18.8. The van der Waals surface area contributed by atoms with E-state index >= 15 is 0 Å². The first-order valence-electron chi connectivity index (χ1n) is 10.6. The van der Waals surface area contributed by atoms with Gasteiger partial charge in [-0.05, 0) is 60.0 Å². The van der Waals surface area contributed by atoms with Crippen LogP contribution in [0, 0.1) is 6.92 Å². The number of rotatable bonds is 5. The van der Waals surface area contributed by atoms with Crippen LogP contribution in [0.1, 0.15) is 16.7 Å². The van der Waals surface area contributed by atoms with Crippen LogP contribution >= 0.6 is 0 Å². The number of fused-ring (bicyclic) bond motifs is 3. The van der Waals surface area contributed by atoms with Crippen LogP contribution in [0.2, 0.25) is 0 Å². The predicted octanol–water partition coefficient (Wildman–Crippen LogP) is 4.53. The fourth-order valence-corrected chi connectivity index (χ4v) is 4.34. The molecular weight excluding hydrogens is 420 g/mol. The summed E-state index contributed by atoms with van der Waals surface area (Å²) in [6.07, 6.45) is 3.56. The Labute approximate surface area is 191 Å². The summed E-state index contributed by atoms with van der Waals surface area (Å²) >= 11 is 0. The Morgan fingerprint density at radius 3 is 2.58 bits per heavy atom. The second-order valence-corrected chi connectivity index (χ2v) is 7.99. The molecule has 0 atom stereocenters. The lowest BCUT2D eigenvalue weighted by Gasteiger charge is -2.29. The highest BCUT2D eigenvalue weighted by Crippen LogP contribution is 2.37. The molecule has 0 amide bonds. The molecule has 1 aliphatic rings. The van der Waals surface area contributed by atoms with Crippen molar-refractivity contribution in [2.24, 2.45) is 0 Å². The second-order valence-electron chi connectivity index (χ2n) is 7.99. The monoisotopic (exact) mass is 444 g/mol. The van der Waals surface area contributed by atoms with Gasteiger partial charge in [-0.15, -0.1) is 0 Å². The highest BCUT2D eigenvalue weighted by molar-refractivity contribution is 5.90. The summed E-state index contributed by atoms with van der Waals surface area (Å²) in [7, 11) is 3.15. The molecule has 0 N–H and O–H groups in total. The summed E-state index contributed by atoms with van der Waals surface area (Å²) in [4.78, 5) is 19.4. The molecule has 168 valence electrons. The first-order chi connectivity index (χ1) is 16.1. The van der Waals surface area contributed by atoms with Crippen LogP contribution in [0.3, 0.4) is 0 Å². The quantitative estimate of drug-likeness (QED) is 0.419. The van der Waals surface area contributed by atoms with Gasteiger partial charge < -0.3 is 18.6 Å². The number of hydrogen-bond acceptors (Lipinski definition) is 7. The highest BCUT2D eigenvalue weighted by atomic mass is 16.5. The summed E-state index contributed by atoms with van der Waals surface area (Å²) < 4.78 is 22.6. The fourth-order valence-electron chi connectivity index (χ4n) is 4.34. The Bertz CT molecular complexity index is 1380. The van der Waals surface area contributed by atoms with Crippen LogP contribution in [0.15, 0.2) is 64.1 Å². The molecule has 0 saturated carbocycles. The Kier molecular flexibility index (Phi) is 5.48. The first kappa shape index (κ1) is 21.0. The van der Waals surface area contributed by atoms with E-state index in [-0.39, 0.29) is 0 Å². The molecule has 3 heterocycles. The zero-order chi connectivity index (χ0) is 22.9. The number of benzene rings is 2. The van der Waals surface area contributed by atoms with Crippen molar-refractivity contribution < 1.29 is 18.6 Å². The van der Waals surface area contributed by atoms with Crippen LogP contribution in [-0.2, 0) is 13.1 Å². The lowest BCUT2D eigenvalue weighted by molar-refractivity contribution is 0.0889. The predicted molar refractivity (Wildman–Crippen MR) is 125 cm³/mol. The molecule has 0 bridgehead atoms. The van der Waals surface area contributed by atoms with Gasteiger partial charge >= 0.3 is 5.63 Å². The maximum Gasteiger partial charge on any atom is 0.344 e. The SMILES string of the molecule is COc1ccc(-c2c(C)c3ccc4c(c3oc2=O)CN(Cc2ccncc2)CO4)cc1OC. The van der Waals surface area contributed by atoms with Gasteiger partial charge in [0.05, 0.1) is 25.3 Å². The van der Waals surface area contributed by atoms with Crippen LogP contribution in [0.25, 0.3) is 22.1 Å². The van der Waals surface area contributed by atoms with Crippen LogP contribution < -0.4 is 19.8 Å². The van der Waals surface area contributed by atoms with Crippen molar-refractivity contribution in [3.05, 3.63) is 82.0 Å². The molecule has 0 fully saturated rings. The average molecular weight is 444 g/mol. The minimum Gasteiger partial charge on any atom is -0.493 e. The molecule has 0 saturated heterocycles. The van der Waals surface area contributed by atoms with E-state index in [9.17, 15) is 4.79 Å². The van der Waals surface area contributed by atoms with E-state index in [1.807, 2.05) is 37.3 Å². The molecule has 0 aliphatic carbocycles. The third-order valence-corrected chi connectivity index (χ3v) is 6.01. The Hall–Kier alpha value is -3.84. The van der Waals surface area contributed by atoms with Crippen molar-refractivity contribution in [1.29, 1.82) is 0 Å². The van der Waals surface area contributed by atoms with Gasteiger partial charge in [0.15, 0.2) is 11.5 Å². The lowest BCUT2D eigenvalue weighted by Crippen LogP contribution is -2.31. The van der Waals surface area contributed by atoms with Crippen LogP contribution in [-0.4, -0.2) is 30.8 Å². The topological polar surface area (TPSA) is 74.0 Å². The highest BCUT2D eigenvalue weighted by Gasteiger charge is 2.24. The molecule has 0 unspecified atom stereocenters. The zero-order valence-electron chi connectivity index (χ0n) is 18.8. The van der Waals surface area contributed by atoms with Gasteiger partial charge in [0, 0.05) is 30.9 Å². The van der Waals surface area contributed by atoms with Crippen molar-refractivity contribution >= 4 is 11.0 Å². The summed E-state index contributed by atoms with van der Waals surface area (Å²) in [5.41, 5.74) is 4.27. The number of aryl methyl sites for hydroxylation is 1. The first-order valence-corrected chi connectivity index (χ1v) is 10.6. The average Bonchev–Trinajstić information content (AvgIpc) is 2.84. The molecule has 2 aromatic carbocycles. The molecular formula is C26H24N2O5. The van der Waals surface area contributed by atoms with Gasteiger partial charge in [0.1, 0.15) is 18.1 Å². The second kappa shape index (κ2) is 8.60. The van der Waals surface area contributed by atoms with Crippen LogP contribution in [0.4, 0.5) is 0 Å². The van der Waals surface area contributed by atoms with Gasteiger partial charge in [0.2, 0.25) is 0 Å². The molecule has 0 spiro atoms. The maximum atomic E-state index is 13.2. The molecule has 7 heteroatoms. The third kappa shape index (κ3) is 3.81. The maximum absolute atomic E-state index is 13.2. The van der Waals surface area contributed by atoms with Crippen LogP contribution in [0.5, 0.6) is 17.2 Å². The minimum absolute atomic E-state index is 0.396. The van der Waals surface area contributed by atoms with E-state index in [0.717, 1.165) is 27.8 Å². The van der Waals surface area contributed by atoms with Gasteiger partial charge in [-0.2, -0.15) is 0 Å². The number of aromatic nitrogens is 1. The smallest absolute Gasteiger partial charge is 0.344 e. The molecule has 1 aliphatic heterocycles. The molecule has 7 nitrogen and oxygen atoms in total. The fraction of sp³-hybridized carbons (Fsp3) is 0.231. The van der Waals surface area contributed by atoms with Gasteiger partial charge in [-0.3, -0.25) is 9.88 Å². The van der Waals surface area contributed by atoms with Crippen molar-refractivity contribution in [2.45, 2.75) is 20.0 Å². The van der Waals surface area contributed by atoms with E-state index in [2.05, 4.69) is 9.88 Å². The van der Waals surface area contributed by atoms with Crippen molar-refractivity contribution in [2.75, 3.05) is 21.0 Å². The minimum atomic E-state index is -0.396. The van der Waals surface area contributed by atoms with Crippen molar-refractivity contribution in [3.8, 4) is 28.4 Å². The van der Waals surface area contributed by atoms with Crippen molar-refractivity contribution in [3.63, 3.8) is 0 Å². The summed E-state index contributed by atoms with van der Waals surface area (Å²) in [6, 6.07) is 13.3. The molecule has 4 aromatic rings. The van der Waals surface area contributed by atoms with Gasteiger partial charge in [-0.25, -0.2) is 4.79 Å². The normalized spacial score (nSPS) is 13.4. The largest absolute Gasteiger partial charge is 0.493 e. The summed E-state index contributed by atoms with van der Waals surface area (Å²) in [5, 5.41) is 0.882. The molecule has 2 aromatic heterocycles. The molecule has 33 heavy (non-hydrogen) atoms. The standard InChI is InChI=1S/C26H24N2O5/c1-16-19-5-7-21-20(14-28(15-32-21)13-17-8-10-27-11-9-17)25(19)33-26(29)24(16)18-4-6-22(30-2)23(12-18)31-3/h4-12H,13-15H2,1-3H3. The van der Waals surface area contributed by atoms with Gasteiger partial charge in [-0.1, -0.05) is 6.07 Å². The molecule has 5 rings (SSSR count). The Balaban J connectivity index is 1.57. The number of methoxy groups -OCH3 is 2. The van der Waals surface area contributed by atoms with Crippen molar-refractivity contribution in [1.82, 2.24) is 9.88 Å². The van der Waals surface area contributed by atoms with E-state index in [4.69, 9.17) is 18.6 Å². The van der Waals surface area contributed by atoms with Gasteiger partial charge in [0.25, 0.3) is 0 Å². The van der Waals surface area contributed by atoms with E-state index < -0.39 is 5.63 Å². The lowest BCUT2D eigenvalue weighted by atomic mass is 9.97. The van der Waals surface area contributed by atoms with E-state index in [1.54, 1.807) is 38.7 Å². The summed E-state index contributed by atoms with van der Waals surface area (Å²) in [6.45, 7) is 3.74. The Morgan fingerprint density at radius 1 is 1.03 bits per heavy atom. The van der Waals surface area contributed by atoms with E-state index in [0.29, 0.717) is 48.0 Å². The van der Waals surface area contributed by atoms with E-state index in [1.165, 1.54) is 0 Å². The Morgan fingerprint density at radius 2 is 1.82 bits per heavy atom. The number of pyridine rings is 1. The number of nitrogens with zero attached hydrogens (tertiary/aromatic N) is 2.